The van der Waals surface area contributed by atoms with Gasteiger partial charge in [0.25, 0.3) is 5.91 Å². The molecular formula is C16H19N3OS. The van der Waals surface area contributed by atoms with E-state index in [-0.39, 0.29) is 5.91 Å². The molecule has 0 saturated carbocycles. The van der Waals surface area contributed by atoms with Crippen LogP contribution in [0.4, 0.5) is 0 Å². The quantitative estimate of drug-likeness (QED) is 0.631. The minimum atomic E-state index is -0.109. The molecule has 0 aliphatic rings. The lowest BCUT2D eigenvalue weighted by molar-refractivity contribution is 0.0953. The second-order valence-corrected chi connectivity index (χ2v) is 5.68. The molecule has 4 nitrogen and oxygen atoms in total. The van der Waals surface area contributed by atoms with Crippen molar-refractivity contribution in [2.75, 3.05) is 12.3 Å². The zero-order valence-electron chi connectivity index (χ0n) is 12.1. The van der Waals surface area contributed by atoms with Gasteiger partial charge in [0, 0.05) is 30.3 Å². The fourth-order valence-corrected chi connectivity index (χ4v) is 2.61. The summed E-state index contributed by atoms with van der Waals surface area (Å²) in [6.45, 7) is 2.65. The van der Waals surface area contributed by atoms with Crippen molar-refractivity contribution < 1.29 is 4.79 Å². The standard InChI is InChI=1S/C16H19N3OS/c1-2-15-18-11-13(12-19-15)16(20)17-9-6-10-21-14-7-4-3-5-8-14/h3-5,7-8,11-12H,2,6,9-10H2,1H3,(H,17,20). The second kappa shape index (κ2) is 8.42. The topological polar surface area (TPSA) is 54.9 Å². The number of aromatic nitrogens is 2. The molecule has 2 aromatic rings. The highest BCUT2D eigenvalue weighted by Crippen LogP contribution is 2.17. The van der Waals surface area contributed by atoms with Crippen LogP contribution in [-0.2, 0) is 6.42 Å². The Morgan fingerprint density at radius 1 is 1.19 bits per heavy atom. The number of thioether (sulfide) groups is 1. The van der Waals surface area contributed by atoms with Gasteiger partial charge in [0.1, 0.15) is 5.82 Å². The Morgan fingerprint density at radius 3 is 2.57 bits per heavy atom. The first kappa shape index (κ1) is 15.5. The highest BCUT2D eigenvalue weighted by atomic mass is 32.2. The van der Waals surface area contributed by atoms with E-state index in [0.29, 0.717) is 12.1 Å². The summed E-state index contributed by atoms with van der Waals surface area (Å²) in [5.41, 5.74) is 0.517. The Labute approximate surface area is 129 Å². The fraction of sp³-hybridized carbons (Fsp3) is 0.312. The Bertz CT molecular complexity index is 557. The van der Waals surface area contributed by atoms with E-state index in [4.69, 9.17) is 0 Å². The van der Waals surface area contributed by atoms with Gasteiger partial charge in [-0.15, -0.1) is 11.8 Å². The van der Waals surface area contributed by atoms with Gasteiger partial charge in [-0.1, -0.05) is 25.1 Å². The van der Waals surface area contributed by atoms with Crippen LogP contribution in [0.3, 0.4) is 0 Å². The van der Waals surface area contributed by atoms with E-state index in [9.17, 15) is 4.79 Å². The molecule has 0 unspecified atom stereocenters. The predicted molar refractivity (Wildman–Crippen MR) is 85.5 cm³/mol. The van der Waals surface area contributed by atoms with Crippen molar-refractivity contribution in [3.05, 3.63) is 54.1 Å². The zero-order valence-corrected chi connectivity index (χ0v) is 12.9. The van der Waals surface area contributed by atoms with E-state index >= 15 is 0 Å². The van der Waals surface area contributed by atoms with E-state index in [1.807, 2.05) is 25.1 Å². The number of carbonyl (C=O) groups is 1. The second-order valence-electron chi connectivity index (χ2n) is 4.51. The third kappa shape index (κ3) is 5.19. The van der Waals surface area contributed by atoms with Crippen LogP contribution in [0.15, 0.2) is 47.6 Å². The summed E-state index contributed by atoms with van der Waals surface area (Å²) in [6.07, 6.45) is 4.87. The van der Waals surface area contributed by atoms with Crippen LogP contribution in [0.5, 0.6) is 0 Å². The molecule has 1 amide bonds. The first-order valence-electron chi connectivity index (χ1n) is 7.06. The molecule has 1 aromatic carbocycles. The van der Waals surface area contributed by atoms with Crippen molar-refractivity contribution in [1.82, 2.24) is 15.3 Å². The van der Waals surface area contributed by atoms with Gasteiger partial charge < -0.3 is 5.32 Å². The maximum atomic E-state index is 11.9. The van der Waals surface area contributed by atoms with E-state index < -0.39 is 0 Å². The van der Waals surface area contributed by atoms with Gasteiger partial charge >= 0.3 is 0 Å². The lowest BCUT2D eigenvalue weighted by atomic mass is 10.3. The molecule has 0 aliphatic carbocycles. The first-order chi connectivity index (χ1) is 10.3. The van der Waals surface area contributed by atoms with Gasteiger partial charge in [0.05, 0.1) is 5.56 Å². The molecule has 5 heteroatoms. The number of nitrogens with zero attached hydrogens (tertiary/aromatic N) is 2. The number of hydrogen-bond donors (Lipinski definition) is 1. The Balaban J connectivity index is 1.67. The Hall–Kier alpha value is -1.88. The van der Waals surface area contributed by atoms with Crippen molar-refractivity contribution in [2.24, 2.45) is 0 Å². The summed E-state index contributed by atoms with van der Waals surface area (Å²) in [6, 6.07) is 10.3. The highest BCUT2D eigenvalue weighted by Gasteiger charge is 2.05. The summed E-state index contributed by atoms with van der Waals surface area (Å²) < 4.78 is 0. The smallest absolute Gasteiger partial charge is 0.254 e. The summed E-state index contributed by atoms with van der Waals surface area (Å²) >= 11 is 1.80. The monoisotopic (exact) mass is 301 g/mol. The first-order valence-corrected chi connectivity index (χ1v) is 8.05. The molecule has 0 atom stereocenters. The molecule has 2 rings (SSSR count). The van der Waals surface area contributed by atoms with Crippen LogP contribution < -0.4 is 5.32 Å². The molecule has 0 fully saturated rings. The average Bonchev–Trinajstić information content (AvgIpc) is 2.55. The average molecular weight is 301 g/mol. The summed E-state index contributed by atoms with van der Waals surface area (Å²) in [7, 11) is 0. The van der Waals surface area contributed by atoms with Gasteiger partial charge in [-0.2, -0.15) is 0 Å². The molecule has 1 heterocycles. The van der Waals surface area contributed by atoms with Gasteiger partial charge in [0.15, 0.2) is 0 Å². The number of hydrogen-bond acceptors (Lipinski definition) is 4. The van der Waals surface area contributed by atoms with Crippen molar-refractivity contribution in [3.8, 4) is 0 Å². The molecule has 21 heavy (non-hydrogen) atoms. The van der Waals surface area contributed by atoms with Gasteiger partial charge in [0.2, 0.25) is 0 Å². The van der Waals surface area contributed by atoms with Crippen molar-refractivity contribution >= 4 is 17.7 Å². The van der Waals surface area contributed by atoms with Crippen molar-refractivity contribution in [3.63, 3.8) is 0 Å². The van der Waals surface area contributed by atoms with Crippen LogP contribution >= 0.6 is 11.8 Å². The number of nitrogens with one attached hydrogen (secondary N) is 1. The molecule has 1 N–H and O–H groups in total. The minimum Gasteiger partial charge on any atom is -0.352 e. The number of carbonyl (C=O) groups excluding carboxylic acids is 1. The summed E-state index contributed by atoms with van der Waals surface area (Å²) in [5.74, 6) is 1.63. The van der Waals surface area contributed by atoms with Crippen molar-refractivity contribution in [1.29, 1.82) is 0 Å². The number of amides is 1. The fourth-order valence-electron chi connectivity index (χ4n) is 1.74. The molecule has 0 saturated heterocycles. The van der Waals surface area contributed by atoms with Crippen molar-refractivity contribution in [2.45, 2.75) is 24.7 Å². The third-order valence-electron chi connectivity index (χ3n) is 2.90. The van der Waals surface area contributed by atoms with Crippen LogP contribution in [0.1, 0.15) is 29.5 Å². The third-order valence-corrected chi connectivity index (χ3v) is 4.00. The summed E-state index contributed by atoms with van der Waals surface area (Å²) in [4.78, 5) is 21.4. The molecular weight excluding hydrogens is 282 g/mol. The largest absolute Gasteiger partial charge is 0.352 e. The number of benzene rings is 1. The molecule has 0 radical (unpaired) electrons. The number of aryl methyl sites for hydroxylation is 1. The maximum Gasteiger partial charge on any atom is 0.254 e. The molecule has 0 bridgehead atoms. The normalized spacial score (nSPS) is 10.3. The lowest BCUT2D eigenvalue weighted by Gasteiger charge is -2.05. The van der Waals surface area contributed by atoms with Crippen LogP contribution in [0, 0.1) is 0 Å². The van der Waals surface area contributed by atoms with E-state index in [1.54, 1.807) is 24.2 Å². The Kier molecular flexibility index (Phi) is 6.22. The molecule has 0 spiro atoms. The van der Waals surface area contributed by atoms with E-state index in [0.717, 1.165) is 24.4 Å². The van der Waals surface area contributed by atoms with Gasteiger partial charge in [-0.3, -0.25) is 4.79 Å². The minimum absolute atomic E-state index is 0.109. The SMILES string of the molecule is CCc1ncc(C(=O)NCCCSc2ccccc2)cn1. The van der Waals surface area contributed by atoms with Crippen LogP contribution in [-0.4, -0.2) is 28.2 Å². The molecule has 0 aliphatic heterocycles. The summed E-state index contributed by atoms with van der Waals surface area (Å²) in [5, 5.41) is 2.89. The van der Waals surface area contributed by atoms with E-state index in [2.05, 4.69) is 27.4 Å². The highest BCUT2D eigenvalue weighted by molar-refractivity contribution is 7.99. The number of rotatable bonds is 7. The maximum absolute atomic E-state index is 11.9. The molecule has 1 aromatic heterocycles. The zero-order chi connectivity index (χ0) is 14.9. The Morgan fingerprint density at radius 2 is 1.90 bits per heavy atom. The van der Waals surface area contributed by atoms with E-state index in [1.165, 1.54) is 4.90 Å². The van der Waals surface area contributed by atoms with Crippen LogP contribution in [0.2, 0.25) is 0 Å². The van der Waals surface area contributed by atoms with Gasteiger partial charge in [-0.05, 0) is 24.3 Å². The lowest BCUT2D eigenvalue weighted by Crippen LogP contribution is -2.25. The van der Waals surface area contributed by atoms with Gasteiger partial charge in [-0.25, -0.2) is 9.97 Å². The predicted octanol–water partition coefficient (Wildman–Crippen LogP) is 2.95. The molecule has 110 valence electrons. The van der Waals surface area contributed by atoms with Crippen LogP contribution in [0.25, 0.3) is 0 Å².